The number of fused-ring (bicyclic) bond motifs is 1. The van der Waals surface area contributed by atoms with Gasteiger partial charge in [0, 0.05) is 44.2 Å². The molecule has 1 amide bonds. The van der Waals surface area contributed by atoms with Gasteiger partial charge >= 0.3 is 6.09 Å². The Balaban J connectivity index is 1.57. The van der Waals surface area contributed by atoms with E-state index in [1.54, 1.807) is 0 Å². The van der Waals surface area contributed by atoms with Crippen LogP contribution in [0.3, 0.4) is 0 Å². The van der Waals surface area contributed by atoms with Crippen LogP contribution in [0.1, 0.15) is 20.8 Å². The van der Waals surface area contributed by atoms with Crippen LogP contribution in [0.25, 0.3) is 0 Å². The van der Waals surface area contributed by atoms with Gasteiger partial charge in [-0.2, -0.15) is 5.10 Å². The molecule has 110 valence electrons. The number of hydrogen-bond donors (Lipinski definition) is 1. The maximum atomic E-state index is 12.1. The van der Waals surface area contributed by atoms with Gasteiger partial charge in [-0.15, -0.1) is 0 Å². The third-order valence-corrected chi connectivity index (χ3v) is 3.99. The van der Waals surface area contributed by atoms with Crippen LogP contribution in [0.2, 0.25) is 0 Å². The number of anilines is 1. The van der Waals surface area contributed by atoms with Crippen LogP contribution in [-0.4, -0.2) is 53.0 Å². The molecule has 0 aliphatic carbocycles. The van der Waals surface area contributed by atoms with Gasteiger partial charge in [0.2, 0.25) is 0 Å². The molecule has 2 atom stereocenters. The summed E-state index contributed by atoms with van der Waals surface area (Å²) in [7, 11) is 0. The summed E-state index contributed by atoms with van der Waals surface area (Å²) in [4.78, 5) is 16.3. The van der Waals surface area contributed by atoms with E-state index in [-0.39, 0.29) is 6.09 Å². The van der Waals surface area contributed by atoms with Crippen molar-refractivity contribution >= 4 is 11.8 Å². The third kappa shape index (κ3) is 2.59. The molecule has 0 saturated carbocycles. The van der Waals surface area contributed by atoms with Crippen LogP contribution < -0.4 is 4.90 Å². The molecule has 0 radical (unpaired) electrons. The molecule has 0 bridgehead atoms. The van der Waals surface area contributed by atoms with E-state index in [1.807, 2.05) is 38.1 Å². The first kappa shape index (κ1) is 13.3. The lowest BCUT2D eigenvalue weighted by Gasteiger charge is -2.26. The van der Waals surface area contributed by atoms with Crippen molar-refractivity contribution < 1.29 is 9.53 Å². The minimum Gasteiger partial charge on any atom is -0.444 e. The Bertz CT molecular complexity index is 466. The molecule has 20 heavy (non-hydrogen) atoms. The van der Waals surface area contributed by atoms with E-state index in [9.17, 15) is 4.79 Å². The highest BCUT2D eigenvalue weighted by atomic mass is 16.6. The van der Waals surface area contributed by atoms with Crippen molar-refractivity contribution in [3.8, 4) is 0 Å². The van der Waals surface area contributed by atoms with Gasteiger partial charge in [0.25, 0.3) is 0 Å². The van der Waals surface area contributed by atoms with Crippen molar-refractivity contribution in [3.05, 3.63) is 12.4 Å². The molecule has 0 unspecified atom stereocenters. The summed E-state index contributed by atoms with van der Waals surface area (Å²) in [6, 6.07) is 0. The Morgan fingerprint density at radius 1 is 1.30 bits per heavy atom. The summed E-state index contributed by atoms with van der Waals surface area (Å²) in [5.41, 5.74) is 0.723. The Morgan fingerprint density at radius 3 is 2.45 bits per heavy atom. The van der Waals surface area contributed by atoms with Crippen LogP contribution in [0.5, 0.6) is 0 Å². The number of nitrogens with zero attached hydrogens (tertiary/aromatic N) is 3. The van der Waals surface area contributed by atoms with Crippen LogP contribution in [-0.2, 0) is 4.74 Å². The lowest BCUT2D eigenvalue weighted by molar-refractivity contribution is 0.0282. The highest BCUT2D eigenvalue weighted by Gasteiger charge is 2.42. The van der Waals surface area contributed by atoms with Crippen molar-refractivity contribution in [1.29, 1.82) is 0 Å². The molecule has 2 saturated heterocycles. The first-order valence-corrected chi connectivity index (χ1v) is 7.14. The van der Waals surface area contributed by atoms with E-state index in [2.05, 4.69) is 15.1 Å². The summed E-state index contributed by atoms with van der Waals surface area (Å²) in [5, 5.41) is 6.84. The van der Waals surface area contributed by atoms with Crippen molar-refractivity contribution in [1.82, 2.24) is 15.1 Å². The monoisotopic (exact) mass is 278 g/mol. The van der Waals surface area contributed by atoms with Gasteiger partial charge in [-0.1, -0.05) is 0 Å². The predicted octanol–water partition coefficient (Wildman–Crippen LogP) is 1.71. The quantitative estimate of drug-likeness (QED) is 0.849. The van der Waals surface area contributed by atoms with Gasteiger partial charge in [-0.25, -0.2) is 4.79 Å². The average molecular weight is 278 g/mol. The van der Waals surface area contributed by atoms with E-state index in [4.69, 9.17) is 4.74 Å². The molecule has 1 N–H and O–H groups in total. The lowest BCUT2D eigenvalue weighted by atomic mass is 10.0. The summed E-state index contributed by atoms with van der Waals surface area (Å²) in [5.74, 6) is 1.08. The summed E-state index contributed by atoms with van der Waals surface area (Å²) >= 11 is 0. The predicted molar refractivity (Wildman–Crippen MR) is 75.6 cm³/mol. The number of carbonyl (C=O) groups excluding carboxylic acids is 1. The minimum atomic E-state index is -0.419. The van der Waals surface area contributed by atoms with Crippen molar-refractivity contribution in [2.24, 2.45) is 11.8 Å². The second-order valence-electron chi connectivity index (χ2n) is 6.77. The number of aromatic amines is 1. The zero-order valence-corrected chi connectivity index (χ0v) is 12.3. The number of carbonyl (C=O) groups is 1. The minimum absolute atomic E-state index is 0.179. The van der Waals surface area contributed by atoms with Crippen LogP contribution in [0.4, 0.5) is 10.5 Å². The first-order chi connectivity index (χ1) is 9.42. The fourth-order valence-electron chi connectivity index (χ4n) is 3.10. The number of aromatic nitrogens is 2. The lowest BCUT2D eigenvalue weighted by Crippen LogP contribution is -2.37. The van der Waals surface area contributed by atoms with Crippen molar-refractivity contribution in [3.63, 3.8) is 0 Å². The van der Waals surface area contributed by atoms with Gasteiger partial charge in [-0.3, -0.25) is 5.10 Å². The molecule has 2 fully saturated rings. The third-order valence-electron chi connectivity index (χ3n) is 3.99. The van der Waals surface area contributed by atoms with E-state index < -0.39 is 5.60 Å². The standard InChI is InChI=1S/C14H22N4O2/c1-14(2,3)20-13(19)18-8-10-6-17(7-11(10)9-18)12-4-15-16-5-12/h4-5,10-11H,6-9H2,1-3H3,(H,15,16)/t10-,11+. The fourth-order valence-corrected chi connectivity index (χ4v) is 3.10. The molecule has 1 aromatic heterocycles. The normalized spacial score (nSPS) is 25.9. The molecular weight excluding hydrogens is 256 g/mol. The number of ether oxygens (including phenoxy) is 1. The molecule has 6 heteroatoms. The average Bonchev–Trinajstić information content (AvgIpc) is 3.01. The fraction of sp³-hybridized carbons (Fsp3) is 0.714. The molecule has 0 spiro atoms. The first-order valence-electron chi connectivity index (χ1n) is 7.14. The van der Waals surface area contributed by atoms with Gasteiger partial charge in [0.15, 0.2) is 0 Å². The SMILES string of the molecule is CC(C)(C)OC(=O)N1C[C@@H]2CN(c3cn[nH]c3)C[C@@H]2C1. The van der Waals surface area contributed by atoms with E-state index in [0.717, 1.165) is 31.9 Å². The van der Waals surface area contributed by atoms with Crippen molar-refractivity contribution in [2.75, 3.05) is 31.1 Å². The number of likely N-dealkylation sites (tertiary alicyclic amines) is 1. The second-order valence-corrected chi connectivity index (χ2v) is 6.77. The molecule has 2 aliphatic rings. The molecule has 6 nitrogen and oxygen atoms in total. The number of nitrogens with one attached hydrogen (secondary N) is 1. The highest BCUT2D eigenvalue weighted by molar-refractivity contribution is 5.68. The smallest absolute Gasteiger partial charge is 0.410 e. The van der Waals surface area contributed by atoms with Crippen LogP contribution in [0, 0.1) is 11.8 Å². The van der Waals surface area contributed by atoms with E-state index in [0.29, 0.717) is 11.8 Å². The Hall–Kier alpha value is -1.72. The number of amides is 1. The van der Waals surface area contributed by atoms with Gasteiger partial charge in [0.1, 0.15) is 5.60 Å². The molecular formula is C14H22N4O2. The summed E-state index contributed by atoms with van der Waals surface area (Å²) in [6.07, 6.45) is 3.60. The molecule has 1 aromatic rings. The van der Waals surface area contributed by atoms with E-state index >= 15 is 0 Å². The Labute approximate surface area is 119 Å². The topological polar surface area (TPSA) is 61.5 Å². The molecule has 3 heterocycles. The maximum Gasteiger partial charge on any atom is 0.410 e. The molecule has 3 rings (SSSR count). The molecule has 2 aliphatic heterocycles. The maximum absolute atomic E-state index is 12.1. The Kier molecular flexibility index (Phi) is 3.11. The zero-order chi connectivity index (χ0) is 14.3. The van der Waals surface area contributed by atoms with E-state index in [1.165, 1.54) is 0 Å². The second kappa shape index (κ2) is 4.68. The van der Waals surface area contributed by atoms with Gasteiger partial charge in [0.05, 0.1) is 11.9 Å². The summed E-state index contributed by atoms with van der Waals surface area (Å²) in [6.45, 7) is 9.29. The van der Waals surface area contributed by atoms with Crippen molar-refractivity contribution in [2.45, 2.75) is 26.4 Å². The van der Waals surface area contributed by atoms with Crippen LogP contribution in [0.15, 0.2) is 12.4 Å². The highest BCUT2D eigenvalue weighted by Crippen LogP contribution is 2.34. The van der Waals surface area contributed by atoms with Gasteiger partial charge in [-0.05, 0) is 20.8 Å². The van der Waals surface area contributed by atoms with Crippen LogP contribution >= 0.6 is 0 Å². The summed E-state index contributed by atoms with van der Waals surface area (Å²) < 4.78 is 5.44. The number of hydrogen-bond acceptors (Lipinski definition) is 4. The number of rotatable bonds is 1. The molecule has 0 aromatic carbocycles. The zero-order valence-electron chi connectivity index (χ0n) is 12.3. The Morgan fingerprint density at radius 2 is 1.95 bits per heavy atom. The number of H-pyrrole nitrogens is 1. The largest absolute Gasteiger partial charge is 0.444 e. The van der Waals surface area contributed by atoms with Gasteiger partial charge < -0.3 is 14.5 Å².